The lowest BCUT2D eigenvalue weighted by molar-refractivity contribution is -0.115. The minimum Gasteiger partial charge on any atom is -0.348 e. The van der Waals surface area contributed by atoms with Gasteiger partial charge in [-0.15, -0.1) is 0 Å². The van der Waals surface area contributed by atoms with E-state index < -0.39 is 0 Å². The van der Waals surface area contributed by atoms with Crippen LogP contribution in [0.5, 0.6) is 0 Å². The van der Waals surface area contributed by atoms with Gasteiger partial charge in [0.2, 0.25) is 5.91 Å². The van der Waals surface area contributed by atoms with Crippen molar-refractivity contribution in [3.05, 3.63) is 101 Å². The van der Waals surface area contributed by atoms with E-state index in [0.717, 1.165) is 11.1 Å². The number of nitrogens with one attached hydrogen (secondary N) is 3. The molecule has 0 saturated heterocycles. The van der Waals surface area contributed by atoms with Crippen molar-refractivity contribution in [2.24, 2.45) is 0 Å². The summed E-state index contributed by atoms with van der Waals surface area (Å²) in [6.45, 7) is 2.45. The Morgan fingerprint density at radius 3 is 2.33 bits per heavy atom. The van der Waals surface area contributed by atoms with Crippen LogP contribution in [0.15, 0.2) is 78.9 Å². The number of carbonyl (C=O) groups is 2. The number of hydrogen-bond acceptors (Lipinski definition) is 3. The summed E-state index contributed by atoms with van der Waals surface area (Å²) in [7, 11) is 0. The fourth-order valence-corrected chi connectivity index (χ4v) is 3.34. The van der Waals surface area contributed by atoms with Crippen molar-refractivity contribution in [3.63, 3.8) is 0 Å². The molecule has 0 aliphatic carbocycles. The summed E-state index contributed by atoms with van der Waals surface area (Å²) in [4.78, 5) is 25.1. The predicted octanol–water partition coefficient (Wildman–Crippen LogP) is 4.56. The van der Waals surface area contributed by atoms with Gasteiger partial charge in [0.1, 0.15) is 0 Å². The summed E-state index contributed by atoms with van der Waals surface area (Å²) in [6.07, 6.45) is 0. The molecule has 0 heterocycles. The van der Waals surface area contributed by atoms with E-state index in [1.54, 1.807) is 24.3 Å². The second kappa shape index (κ2) is 10.6. The molecule has 0 aromatic heterocycles. The maximum absolute atomic E-state index is 12.6. The monoisotopic (exact) mass is 421 g/mol. The first-order chi connectivity index (χ1) is 14.5. The highest BCUT2D eigenvalue weighted by atomic mass is 35.5. The molecule has 3 aromatic carbocycles. The molecule has 0 fully saturated rings. The lowest BCUT2D eigenvalue weighted by atomic mass is 10.1. The van der Waals surface area contributed by atoms with Crippen molar-refractivity contribution in [2.45, 2.75) is 19.5 Å². The van der Waals surface area contributed by atoms with Crippen LogP contribution in [0.2, 0.25) is 5.02 Å². The first kappa shape index (κ1) is 21.6. The zero-order valence-corrected chi connectivity index (χ0v) is 17.4. The highest BCUT2D eigenvalue weighted by Crippen LogP contribution is 2.22. The van der Waals surface area contributed by atoms with E-state index in [4.69, 9.17) is 11.6 Å². The van der Waals surface area contributed by atoms with Gasteiger partial charge in [0, 0.05) is 17.6 Å². The van der Waals surface area contributed by atoms with Crippen molar-refractivity contribution in [1.82, 2.24) is 10.6 Å². The largest absolute Gasteiger partial charge is 0.348 e. The van der Waals surface area contributed by atoms with Crippen LogP contribution in [-0.2, 0) is 11.3 Å². The van der Waals surface area contributed by atoms with Crippen LogP contribution < -0.4 is 16.0 Å². The summed E-state index contributed by atoms with van der Waals surface area (Å²) < 4.78 is 0. The molecule has 0 spiro atoms. The third-order valence-electron chi connectivity index (χ3n) is 4.68. The highest BCUT2D eigenvalue weighted by molar-refractivity contribution is 6.31. The average molecular weight is 422 g/mol. The third kappa shape index (κ3) is 5.92. The fourth-order valence-electron chi connectivity index (χ4n) is 3.04. The van der Waals surface area contributed by atoms with Crippen LogP contribution in [0.4, 0.5) is 5.69 Å². The van der Waals surface area contributed by atoms with Gasteiger partial charge in [-0.1, -0.05) is 72.3 Å². The van der Waals surface area contributed by atoms with E-state index in [1.165, 1.54) is 0 Å². The number of rotatable bonds is 8. The van der Waals surface area contributed by atoms with Gasteiger partial charge in [-0.25, -0.2) is 0 Å². The van der Waals surface area contributed by atoms with Crippen LogP contribution in [0.1, 0.15) is 34.5 Å². The minimum atomic E-state index is -0.243. The number of para-hydroxylation sites is 1. The Morgan fingerprint density at radius 2 is 1.57 bits per heavy atom. The summed E-state index contributed by atoms with van der Waals surface area (Å²) in [5, 5.41) is 9.51. The SMILES string of the molecule is C[C@@H](NCC(=O)Nc1ccccc1C(=O)NCc1ccccc1)c1ccccc1Cl. The molecule has 0 saturated carbocycles. The highest BCUT2D eigenvalue weighted by Gasteiger charge is 2.14. The van der Waals surface area contributed by atoms with Gasteiger partial charge in [0.15, 0.2) is 0 Å². The van der Waals surface area contributed by atoms with E-state index >= 15 is 0 Å². The molecule has 5 nitrogen and oxygen atoms in total. The topological polar surface area (TPSA) is 70.2 Å². The van der Waals surface area contributed by atoms with Crippen LogP contribution in [0.3, 0.4) is 0 Å². The zero-order chi connectivity index (χ0) is 21.3. The molecule has 0 bridgehead atoms. The van der Waals surface area contributed by atoms with Crippen molar-refractivity contribution < 1.29 is 9.59 Å². The zero-order valence-electron chi connectivity index (χ0n) is 16.7. The maximum Gasteiger partial charge on any atom is 0.253 e. The van der Waals surface area contributed by atoms with Crippen LogP contribution in [0, 0.1) is 0 Å². The molecule has 3 rings (SSSR count). The minimum absolute atomic E-state index is 0.0890. The second-order valence-corrected chi connectivity index (χ2v) is 7.29. The van der Waals surface area contributed by atoms with Gasteiger partial charge in [0.25, 0.3) is 5.91 Å². The first-order valence-electron chi connectivity index (χ1n) is 9.73. The van der Waals surface area contributed by atoms with Crippen molar-refractivity contribution >= 4 is 29.1 Å². The molecule has 0 radical (unpaired) electrons. The lowest BCUT2D eigenvalue weighted by Gasteiger charge is -2.16. The molecule has 3 aromatic rings. The molecule has 0 unspecified atom stereocenters. The predicted molar refractivity (Wildman–Crippen MR) is 121 cm³/mol. The van der Waals surface area contributed by atoms with E-state index in [1.807, 2.05) is 61.5 Å². The molecular formula is C24H24ClN3O2. The molecule has 30 heavy (non-hydrogen) atoms. The average Bonchev–Trinajstić information content (AvgIpc) is 2.77. The number of amides is 2. The second-order valence-electron chi connectivity index (χ2n) is 6.89. The molecule has 6 heteroatoms. The fraction of sp³-hybridized carbons (Fsp3) is 0.167. The van der Waals surface area contributed by atoms with E-state index in [9.17, 15) is 9.59 Å². The molecule has 1 atom stereocenters. The van der Waals surface area contributed by atoms with E-state index in [2.05, 4.69) is 16.0 Å². The van der Waals surface area contributed by atoms with Crippen LogP contribution in [0.25, 0.3) is 0 Å². The van der Waals surface area contributed by atoms with Gasteiger partial charge in [0.05, 0.1) is 17.8 Å². The molecule has 0 aliphatic rings. The molecular weight excluding hydrogens is 398 g/mol. The van der Waals surface area contributed by atoms with Crippen molar-refractivity contribution in [2.75, 3.05) is 11.9 Å². The Labute approximate surface area is 181 Å². The Balaban J connectivity index is 1.58. The third-order valence-corrected chi connectivity index (χ3v) is 5.03. The van der Waals surface area contributed by atoms with Gasteiger partial charge in [-0.2, -0.15) is 0 Å². The maximum atomic E-state index is 12.6. The summed E-state index contributed by atoms with van der Waals surface area (Å²) in [5.41, 5.74) is 2.82. The number of hydrogen-bond donors (Lipinski definition) is 3. The lowest BCUT2D eigenvalue weighted by Crippen LogP contribution is -2.31. The number of halogens is 1. The smallest absolute Gasteiger partial charge is 0.253 e. The summed E-state index contributed by atoms with van der Waals surface area (Å²) in [5.74, 6) is -0.482. The standard InChI is InChI=1S/C24H24ClN3O2/c1-17(19-11-5-7-13-21(19)25)26-16-23(29)28-22-14-8-6-12-20(22)24(30)27-15-18-9-3-2-4-10-18/h2-14,17,26H,15-16H2,1H3,(H,27,30)(H,28,29)/t17-/m1/s1. The Bertz CT molecular complexity index is 1010. The Hall–Kier alpha value is -3.15. The van der Waals surface area contributed by atoms with Gasteiger partial charge < -0.3 is 16.0 Å². The first-order valence-corrected chi connectivity index (χ1v) is 10.1. The summed E-state index contributed by atoms with van der Waals surface area (Å²) >= 11 is 6.21. The number of anilines is 1. The van der Waals surface area contributed by atoms with E-state index in [0.29, 0.717) is 22.8 Å². The van der Waals surface area contributed by atoms with Crippen LogP contribution >= 0.6 is 11.6 Å². The molecule has 2 amide bonds. The quantitative estimate of drug-likeness (QED) is 0.499. The van der Waals surface area contributed by atoms with Crippen molar-refractivity contribution in [1.29, 1.82) is 0 Å². The Kier molecular flexibility index (Phi) is 7.60. The van der Waals surface area contributed by atoms with Crippen LogP contribution in [-0.4, -0.2) is 18.4 Å². The summed E-state index contributed by atoms with van der Waals surface area (Å²) in [6, 6.07) is 24.0. The van der Waals surface area contributed by atoms with Gasteiger partial charge >= 0.3 is 0 Å². The molecule has 154 valence electrons. The van der Waals surface area contributed by atoms with Gasteiger partial charge in [-0.05, 0) is 36.2 Å². The molecule has 0 aliphatic heterocycles. The molecule has 3 N–H and O–H groups in total. The number of carbonyl (C=O) groups excluding carboxylic acids is 2. The normalized spacial score (nSPS) is 11.5. The van der Waals surface area contributed by atoms with Crippen molar-refractivity contribution in [3.8, 4) is 0 Å². The Morgan fingerprint density at radius 1 is 0.900 bits per heavy atom. The van der Waals surface area contributed by atoms with Gasteiger partial charge in [-0.3, -0.25) is 9.59 Å². The number of benzene rings is 3. The van der Waals surface area contributed by atoms with E-state index in [-0.39, 0.29) is 24.4 Å².